The van der Waals surface area contributed by atoms with E-state index in [4.69, 9.17) is 4.98 Å². The van der Waals surface area contributed by atoms with Gasteiger partial charge in [0.1, 0.15) is 0 Å². The highest BCUT2D eigenvalue weighted by Gasteiger charge is 2.19. The Kier molecular flexibility index (Phi) is 3.09. The highest BCUT2D eigenvalue weighted by molar-refractivity contribution is 7.17. The number of imidazole rings is 1. The van der Waals surface area contributed by atoms with Crippen molar-refractivity contribution >= 4 is 16.3 Å². The highest BCUT2D eigenvalue weighted by Crippen LogP contribution is 2.36. The van der Waals surface area contributed by atoms with E-state index in [0.717, 1.165) is 16.2 Å². The molecule has 0 saturated heterocycles. The van der Waals surface area contributed by atoms with Crippen LogP contribution in [-0.2, 0) is 0 Å². The van der Waals surface area contributed by atoms with Gasteiger partial charge in [0.2, 0.25) is 0 Å². The smallest absolute Gasteiger partial charge is 0.195 e. The van der Waals surface area contributed by atoms with E-state index in [-0.39, 0.29) is 0 Å². The average Bonchev–Trinajstić information content (AvgIpc) is 3.06. The lowest BCUT2D eigenvalue weighted by molar-refractivity contribution is 1.12. The van der Waals surface area contributed by atoms with E-state index in [1.165, 1.54) is 21.8 Å². The molecule has 4 rings (SSSR count). The zero-order valence-corrected chi connectivity index (χ0v) is 13.4. The third kappa shape index (κ3) is 1.97. The van der Waals surface area contributed by atoms with Gasteiger partial charge in [0, 0.05) is 21.7 Å². The summed E-state index contributed by atoms with van der Waals surface area (Å²) in [5, 5.41) is 0. The summed E-state index contributed by atoms with van der Waals surface area (Å²) in [5.41, 5.74) is 5.88. The van der Waals surface area contributed by atoms with Crippen LogP contribution in [-0.4, -0.2) is 9.38 Å². The number of hydrogen-bond donors (Lipinski definition) is 0. The second kappa shape index (κ2) is 5.11. The molecular weight excluding hydrogens is 288 g/mol. The summed E-state index contributed by atoms with van der Waals surface area (Å²) in [6.45, 7) is 4.33. The van der Waals surface area contributed by atoms with E-state index in [0.29, 0.717) is 0 Å². The van der Waals surface area contributed by atoms with Crippen LogP contribution >= 0.6 is 11.3 Å². The SMILES string of the molecule is Cc1sc2nc(-c3ccccc3)c(-c3ccccc3)n2c1C. The second-order valence-corrected chi connectivity index (χ2v) is 6.58. The van der Waals surface area contributed by atoms with Gasteiger partial charge in [0.25, 0.3) is 0 Å². The summed E-state index contributed by atoms with van der Waals surface area (Å²) >= 11 is 1.75. The molecule has 0 fully saturated rings. The number of rotatable bonds is 2. The van der Waals surface area contributed by atoms with Crippen molar-refractivity contribution in [1.82, 2.24) is 9.38 Å². The van der Waals surface area contributed by atoms with E-state index in [2.05, 4.69) is 72.8 Å². The topological polar surface area (TPSA) is 17.3 Å². The van der Waals surface area contributed by atoms with Crippen molar-refractivity contribution in [2.24, 2.45) is 0 Å². The minimum absolute atomic E-state index is 1.06. The van der Waals surface area contributed by atoms with Gasteiger partial charge in [-0.2, -0.15) is 0 Å². The molecule has 2 aromatic carbocycles. The van der Waals surface area contributed by atoms with Crippen molar-refractivity contribution in [1.29, 1.82) is 0 Å². The zero-order chi connectivity index (χ0) is 15.1. The van der Waals surface area contributed by atoms with Crippen molar-refractivity contribution in [2.75, 3.05) is 0 Å². The van der Waals surface area contributed by atoms with Gasteiger partial charge in [-0.15, -0.1) is 11.3 Å². The molecule has 2 heterocycles. The molecule has 4 aromatic rings. The summed E-state index contributed by atoms with van der Waals surface area (Å²) in [6.07, 6.45) is 0. The monoisotopic (exact) mass is 304 g/mol. The van der Waals surface area contributed by atoms with Crippen molar-refractivity contribution < 1.29 is 0 Å². The molecule has 0 aliphatic rings. The van der Waals surface area contributed by atoms with Crippen molar-refractivity contribution in [2.45, 2.75) is 13.8 Å². The molecule has 3 heteroatoms. The van der Waals surface area contributed by atoms with Crippen LogP contribution in [0.1, 0.15) is 10.6 Å². The number of aryl methyl sites for hydroxylation is 2. The second-order valence-electron chi connectivity index (χ2n) is 5.40. The molecular formula is C19H16N2S. The van der Waals surface area contributed by atoms with Gasteiger partial charge in [-0.05, 0) is 13.8 Å². The van der Waals surface area contributed by atoms with Crippen molar-refractivity contribution in [3.8, 4) is 22.5 Å². The molecule has 2 aromatic heterocycles. The molecule has 0 aliphatic carbocycles. The molecule has 0 amide bonds. The predicted octanol–water partition coefficient (Wildman–Crippen LogP) is 5.35. The molecule has 0 N–H and O–H groups in total. The molecule has 0 radical (unpaired) electrons. The summed E-state index contributed by atoms with van der Waals surface area (Å²) in [7, 11) is 0. The zero-order valence-electron chi connectivity index (χ0n) is 12.6. The van der Waals surface area contributed by atoms with Gasteiger partial charge in [-0.25, -0.2) is 4.98 Å². The van der Waals surface area contributed by atoms with E-state index >= 15 is 0 Å². The quantitative estimate of drug-likeness (QED) is 0.488. The van der Waals surface area contributed by atoms with Gasteiger partial charge in [-0.3, -0.25) is 4.40 Å². The highest BCUT2D eigenvalue weighted by atomic mass is 32.1. The maximum Gasteiger partial charge on any atom is 0.195 e. The lowest BCUT2D eigenvalue weighted by atomic mass is 10.0. The van der Waals surface area contributed by atoms with Crippen LogP contribution in [0.25, 0.3) is 27.5 Å². The Hall–Kier alpha value is -2.39. The normalized spacial score (nSPS) is 11.2. The first-order valence-corrected chi connectivity index (χ1v) is 8.16. The first-order chi connectivity index (χ1) is 10.8. The average molecular weight is 304 g/mol. The molecule has 0 spiro atoms. The summed E-state index contributed by atoms with van der Waals surface area (Å²) in [4.78, 5) is 7.30. The largest absolute Gasteiger partial charge is 0.287 e. The Morgan fingerprint density at radius 2 is 1.41 bits per heavy atom. The predicted molar refractivity (Wildman–Crippen MR) is 93.4 cm³/mol. The van der Waals surface area contributed by atoms with Crippen molar-refractivity contribution in [3.05, 3.63) is 71.2 Å². The Bertz CT molecular complexity index is 934. The van der Waals surface area contributed by atoms with Crippen LogP contribution < -0.4 is 0 Å². The van der Waals surface area contributed by atoms with Gasteiger partial charge in [0.05, 0.1) is 11.4 Å². The molecule has 0 unspecified atom stereocenters. The molecule has 0 aliphatic heterocycles. The number of hydrogen-bond acceptors (Lipinski definition) is 2. The molecule has 0 saturated carbocycles. The number of nitrogens with zero attached hydrogens (tertiary/aromatic N) is 2. The Labute approximate surface area is 133 Å². The minimum Gasteiger partial charge on any atom is -0.287 e. The van der Waals surface area contributed by atoms with Gasteiger partial charge < -0.3 is 0 Å². The van der Waals surface area contributed by atoms with Crippen LogP contribution in [0.15, 0.2) is 60.7 Å². The third-order valence-electron chi connectivity index (χ3n) is 4.03. The van der Waals surface area contributed by atoms with Crippen LogP contribution in [0.3, 0.4) is 0 Å². The first kappa shape index (κ1) is 13.3. The minimum atomic E-state index is 1.06. The molecule has 22 heavy (non-hydrogen) atoms. The van der Waals surface area contributed by atoms with Crippen LogP contribution in [0.5, 0.6) is 0 Å². The van der Waals surface area contributed by atoms with E-state index < -0.39 is 0 Å². The van der Waals surface area contributed by atoms with Crippen LogP contribution in [0.4, 0.5) is 0 Å². The Morgan fingerprint density at radius 1 is 0.818 bits per heavy atom. The number of fused-ring (bicyclic) bond motifs is 1. The summed E-state index contributed by atoms with van der Waals surface area (Å²) < 4.78 is 2.29. The van der Waals surface area contributed by atoms with E-state index in [1.54, 1.807) is 11.3 Å². The lowest BCUT2D eigenvalue weighted by Gasteiger charge is -2.06. The Morgan fingerprint density at radius 3 is 2.05 bits per heavy atom. The number of thiazole rings is 1. The van der Waals surface area contributed by atoms with Gasteiger partial charge in [-0.1, -0.05) is 60.7 Å². The molecule has 2 nitrogen and oxygen atoms in total. The molecule has 0 bridgehead atoms. The van der Waals surface area contributed by atoms with E-state index in [1.807, 2.05) is 6.07 Å². The molecule has 0 atom stereocenters. The standard InChI is InChI=1S/C19H16N2S/c1-13-14(2)22-19-20-17(15-9-5-3-6-10-15)18(21(13)19)16-11-7-4-8-12-16/h3-12H,1-2H3. The maximum atomic E-state index is 4.92. The summed E-state index contributed by atoms with van der Waals surface area (Å²) in [6, 6.07) is 20.9. The molecule has 108 valence electrons. The fraction of sp³-hybridized carbons (Fsp3) is 0.105. The number of benzene rings is 2. The Balaban J connectivity index is 2.10. The summed E-state index contributed by atoms with van der Waals surface area (Å²) in [5.74, 6) is 0. The number of aromatic nitrogens is 2. The van der Waals surface area contributed by atoms with E-state index in [9.17, 15) is 0 Å². The van der Waals surface area contributed by atoms with Gasteiger partial charge in [0.15, 0.2) is 4.96 Å². The van der Waals surface area contributed by atoms with Crippen LogP contribution in [0.2, 0.25) is 0 Å². The van der Waals surface area contributed by atoms with Crippen molar-refractivity contribution in [3.63, 3.8) is 0 Å². The lowest BCUT2D eigenvalue weighted by Crippen LogP contribution is -1.91. The first-order valence-electron chi connectivity index (χ1n) is 7.35. The van der Waals surface area contributed by atoms with Crippen LogP contribution in [0, 0.1) is 13.8 Å². The third-order valence-corrected chi connectivity index (χ3v) is 5.09. The van der Waals surface area contributed by atoms with Gasteiger partial charge >= 0.3 is 0 Å². The maximum absolute atomic E-state index is 4.92. The fourth-order valence-electron chi connectivity index (χ4n) is 2.81. The fourth-order valence-corrected chi connectivity index (χ4v) is 3.78.